The van der Waals surface area contributed by atoms with Crippen LogP contribution in [-0.4, -0.2) is 45.7 Å². The number of imidazole rings is 1. The average Bonchev–Trinajstić information content (AvgIpc) is 3.09. The molecule has 0 amide bonds. The van der Waals surface area contributed by atoms with Crippen molar-refractivity contribution in [2.24, 2.45) is 13.0 Å². The summed E-state index contributed by atoms with van der Waals surface area (Å²) in [6.45, 7) is 4.04. The first-order valence-corrected chi connectivity index (χ1v) is 9.22. The predicted octanol–water partition coefficient (Wildman–Crippen LogP) is 3.07. The highest BCUT2D eigenvalue weighted by Crippen LogP contribution is 2.34. The van der Waals surface area contributed by atoms with Crippen LogP contribution in [-0.2, 0) is 11.8 Å². The Kier molecular flexibility index (Phi) is 4.95. The van der Waals surface area contributed by atoms with Gasteiger partial charge in [-0.25, -0.2) is 4.98 Å². The van der Waals surface area contributed by atoms with Crippen molar-refractivity contribution >= 4 is 5.57 Å². The number of hydrogen-bond acceptors (Lipinski definition) is 4. The van der Waals surface area contributed by atoms with Gasteiger partial charge in [-0.05, 0) is 42.5 Å². The Morgan fingerprint density at radius 2 is 2.12 bits per heavy atom. The van der Waals surface area contributed by atoms with Crippen LogP contribution in [0.5, 0.6) is 0 Å². The minimum atomic E-state index is 0.115. The van der Waals surface area contributed by atoms with E-state index in [4.69, 9.17) is 4.74 Å². The van der Waals surface area contributed by atoms with Crippen LogP contribution < -0.4 is 0 Å². The smallest absolute Gasteiger partial charge is 0.137 e. The highest BCUT2D eigenvalue weighted by Gasteiger charge is 2.32. The Hall–Kier alpha value is -1.98. The maximum absolute atomic E-state index is 6.14. The summed E-state index contributed by atoms with van der Waals surface area (Å²) in [4.78, 5) is 11.3. The molecule has 4 heterocycles. The van der Waals surface area contributed by atoms with E-state index < -0.39 is 0 Å². The topological polar surface area (TPSA) is 43.2 Å². The van der Waals surface area contributed by atoms with E-state index in [0.29, 0.717) is 5.92 Å². The maximum Gasteiger partial charge on any atom is 0.137 e. The Balaban J connectivity index is 1.45. The Morgan fingerprint density at radius 1 is 1.24 bits per heavy atom. The maximum atomic E-state index is 6.14. The molecule has 5 heteroatoms. The third kappa shape index (κ3) is 3.67. The molecule has 0 N–H and O–H groups in total. The molecule has 4 rings (SSSR count). The van der Waals surface area contributed by atoms with Gasteiger partial charge >= 0.3 is 0 Å². The highest BCUT2D eigenvalue weighted by molar-refractivity contribution is 5.67. The van der Waals surface area contributed by atoms with Crippen LogP contribution >= 0.6 is 0 Å². The standard InChI is InChI=1S/C20H26N4O/c1-23-12-10-22-20(23)19-18(5-3-13-25-19)15-24-11-2-4-17(14-24)16-6-8-21-9-7-16/h4,6-10,12,18-19H,2-3,5,11,13-15H2,1H3/t18-,19+/m0/s1. The van der Waals surface area contributed by atoms with E-state index in [2.05, 4.69) is 44.7 Å². The van der Waals surface area contributed by atoms with E-state index >= 15 is 0 Å². The second-order valence-corrected chi connectivity index (χ2v) is 7.08. The molecule has 25 heavy (non-hydrogen) atoms. The number of nitrogens with zero attached hydrogens (tertiary/aromatic N) is 4. The van der Waals surface area contributed by atoms with Crippen molar-refractivity contribution in [1.29, 1.82) is 0 Å². The lowest BCUT2D eigenvalue weighted by molar-refractivity contribution is -0.0442. The SMILES string of the molecule is Cn1ccnc1[C@@H]1OCCC[C@H]1CN1CCC=C(c2ccncc2)C1. The zero-order valence-corrected chi connectivity index (χ0v) is 14.8. The summed E-state index contributed by atoms with van der Waals surface area (Å²) in [5.74, 6) is 1.57. The van der Waals surface area contributed by atoms with Crippen molar-refractivity contribution in [2.75, 3.05) is 26.2 Å². The third-order valence-electron chi connectivity index (χ3n) is 5.33. The Morgan fingerprint density at radius 3 is 2.92 bits per heavy atom. The summed E-state index contributed by atoms with van der Waals surface area (Å²) in [5.41, 5.74) is 2.71. The fourth-order valence-corrected chi connectivity index (χ4v) is 4.04. The summed E-state index contributed by atoms with van der Waals surface area (Å²) in [7, 11) is 2.06. The van der Waals surface area contributed by atoms with Crippen LogP contribution in [0.15, 0.2) is 43.0 Å². The number of aromatic nitrogens is 3. The van der Waals surface area contributed by atoms with Crippen molar-refractivity contribution in [3.8, 4) is 0 Å². The molecule has 2 aromatic rings. The third-order valence-corrected chi connectivity index (χ3v) is 5.33. The van der Waals surface area contributed by atoms with Crippen molar-refractivity contribution in [1.82, 2.24) is 19.4 Å². The van der Waals surface area contributed by atoms with Gasteiger partial charge in [0.05, 0.1) is 0 Å². The lowest BCUT2D eigenvalue weighted by Crippen LogP contribution is -2.38. The fraction of sp³-hybridized carbons (Fsp3) is 0.500. The largest absolute Gasteiger partial charge is 0.370 e. The molecule has 2 aliphatic rings. The second kappa shape index (κ2) is 7.50. The fourth-order valence-electron chi connectivity index (χ4n) is 4.04. The van der Waals surface area contributed by atoms with Gasteiger partial charge in [0.25, 0.3) is 0 Å². The van der Waals surface area contributed by atoms with Gasteiger partial charge in [-0.15, -0.1) is 0 Å². The zero-order valence-electron chi connectivity index (χ0n) is 14.8. The van der Waals surface area contributed by atoms with E-state index in [1.165, 1.54) is 17.6 Å². The summed E-state index contributed by atoms with van der Waals surface area (Å²) in [6.07, 6.45) is 13.6. The quantitative estimate of drug-likeness (QED) is 0.859. The van der Waals surface area contributed by atoms with Gasteiger partial charge in [0.15, 0.2) is 0 Å². The molecular weight excluding hydrogens is 312 g/mol. The Bertz CT molecular complexity index is 724. The lowest BCUT2D eigenvalue weighted by Gasteiger charge is -2.36. The minimum absolute atomic E-state index is 0.115. The normalized spacial score (nSPS) is 24.9. The number of aryl methyl sites for hydroxylation is 1. The van der Waals surface area contributed by atoms with Gasteiger partial charge in [-0.3, -0.25) is 9.88 Å². The van der Waals surface area contributed by atoms with Crippen LogP contribution in [0.2, 0.25) is 0 Å². The van der Waals surface area contributed by atoms with Crippen LogP contribution in [0.1, 0.15) is 36.8 Å². The molecule has 5 nitrogen and oxygen atoms in total. The molecule has 2 aliphatic heterocycles. The van der Waals surface area contributed by atoms with Crippen LogP contribution in [0.4, 0.5) is 0 Å². The van der Waals surface area contributed by atoms with Crippen molar-refractivity contribution in [3.63, 3.8) is 0 Å². The average molecular weight is 338 g/mol. The first-order valence-electron chi connectivity index (χ1n) is 9.22. The summed E-state index contributed by atoms with van der Waals surface area (Å²) >= 11 is 0. The number of hydrogen-bond donors (Lipinski definition) is 0. The van der Waals surface area contributed by atoms with Crippen LogP contribution in [0.25, 0.3) is 5.57 Å². The van der Waals surface area contributed by atoms with Crippen molar-refractivity contribution in [3.05, 3.63) is 54.4 Å². The van der Waals surface area contributed by atoms with E-state index in [1.54, 1.807) is 0 Å². The van der Waals surface area contributed by atoms with Gasteiger partial charge in [0.1, 0.15) is 11.9 Å². The molecule has 0 saturated carbocycles. The lowest BCUT2D eigenvalue weighted by atomic mass is 9.92. The molecule has 1 fully saturated rings. The summed E-state index contributed by atoms with van der Waals surface area (Å²) < 4.78 is 8.23. The number of pyridine rings is 1. The summed E-state index contributed by atoms with van der Waals surface area (Å²) in [5, 5.41) is 0. The predicted molar refractivity (Wildman–Crippen MR) is 97.9 cm³/mol. The molecule has 1 saturated heterocycles. The van der Waals surface area contributed by atoms with E-state index in [1.807, 2.05) is 24.8 Å². The molecule has 0 aliphatic carbocycles. The van der Waals surface area contributed by atoms with E-state index in [-0.39, 0.29) is 6.10 Å². The van der Waals surface area contributed by atoms with Crippen molar-refractivity contribution < 1.29 is 4.74 Å². The zero-order chi connectivity index (χ0) is 17.1. The van der Waals surface area contributed by atoms with Crippen molar-refractivity contribution in [2.45, 2.75) is 25.4 Å². The van der Waals surface area contributed by atoms with Gasteiger partial charge < -0.3 is 9.30 Å². The molecule has 0 aromatic carbocycles. The number of ether oxygens (including phenoxy) is 1. The molecule has 0 unspecified atom stereocenters. The second-order valence-electron chi connectivity index (χ2n) is 7.08. The molecular formula is C20H26N4O. The molecule has 0 spiro atoms. The van der Waals surface area contributed by atoms with Gasteiger partial charge in [0.2, 0.25) is 0 Å². The van der Waals surface area contributed by atoms with E-state index in [9.17, 15) is 0 Å². The molecule has 132 valence electrons. The van der Waals surface area contributed by atoms with Crippen LogP contribution in [0, 0.1) is 5.92 Å². The molecule has 2 aromatic heterocycles. The van der Waals surface area contributed by atoms with Gasteiger partial charge in [-0.1, -0.05) is 6.08 Å². The molecule has 0 bridgehead atoms. The molecule has 0 radical (unpaired) electrons. The highest BCUT2D eigenvalue weighted by atomic mass is 16.5. The first kappa shape index (κ1) is 16.5. The summed E-state index contributed by atoms with van der Waals surface area (Å²) in [6, 6.07) is 4.21. The van der Waals surface area contributed by atoms with Crippen LogP contribution in [0.3, 0.4) is 0 Å². The van der Waals surface area contributed by atoms with E-state index in [0.717, 1.165) is 44.9 Å². The first-order chi connectivity index (χ1) is 12.3. The van der Waals surface area contributed by atoms with Gasteiger partial charge in [-0.2, -0.15) is 0 Å². The number of rotatable bonds is 4. The molecule has 2 atom stereocenters. The minimum Gasteiger partial charge on any atom is -0.370 e. The monoisotopic (exact) mass is 338 g/mol. The Labute approximate surface area is 149 Å². The van der Waals surface area contributed by atoms with Gasteiger partial charge in [0, 0.05) is 64.0 Å².